The van der Waals surface area contributed by atoms with E-state index in [1.165, 1.54) is 23.9 Å². The van der Waals surface area contributed by atoms with Crippen LogP contribution in [-0.2, 0) is 11.8 Å². The first-order valence-corrected chi connectivity index (χ1v) is 6.96. The zero-order chi connectivity index (χ0) is 15.4. The maximum Gasteiger partial charge on any atom is 0.304 e. The highest BCUT2D eigenvalue weighted by Crippen LogP contribution is 2.24. The fraction of sp³-hybridized carbons (Fsp3) is 0.250. The Morgan fingerprint density at radius 2 is 2.05 bits per heavy atom. The molecule has 0 saturated heterocycles. The van der Waals surface area contributed by atoms with Gasteiger partial charge in [-0.3, -0.25) is 14.9 Å². The molecule has 8 nitrogen and oxygen atoms in total. The predicted molar refractivity (Wildman–Crippen MR) is 76.1 cm³/mol. The molecule has 0 radical (unpaired) electrons. The summed E-state index contributed by atoms with van der Waals surface area (Å²) >= 11 is 1.30. The average molecular weight is 308 g/mol. The van der Waals surface area contributed by atoms with E-state index in [4.69, 9.17) is 5.11 Å². The largest absolute Gasteiger partial charge is 0.481 e. The molecule has 1 heterocycles. The number of carboxylic acids is 1. The van der Waals surface area contributed by atoms with Crippen LogP contribution in [0.1, 0.15) is 6.42 Å². The van der Waals surface area contributed by atoms with E-state index in [2.05, 4.69) is 10.2 Å². The summed E-state index contributed by atoms with van der Waals surface area (Å²) in [5.41, 5.74) is 0.720. The lowest BCUT2D eigenvalue weighted by Gasteiger charge is -2.03. The highest BCUT2D eigenvalue weighted by atomic mass is 32.2. The van der Waals surface area contributed by atoms with Crippen molar-refractivity contribution < 1.29 is 14.8 Å². The van der Waals surface area contributed by atoms with Crippen LogP contribution in [0.5, 0.6) is 0 Å². The maximum absolute atomic E-state index is 10.6. The summed E-state index contributed by atoms with van der Waals surface area (Å²) in [4.78, 5) is 20.6. The Kier molecular flexibility index (Phi) is 4.53. The number of aliphatic carboxylic acids is 1. The number of nitro benzene ring substituents is 1. The molecule has 0 bridgehead atoms. The summed E-state index contributed by atoms with van der Waals surface area (Å²) in [5, 5.41) is 27.8. The number of nitro groups is 1. The van der Waals surface area contributed by atoms with Crippen LogP contribution in [0.25, 0.3) is 11.4 Å². The van der Waals surface area contributed by atoms with Gasteiger partial charge in [-0.15, -0.1) is 10.2 Å². The van der Waals surface area contributed by atoms with E-state index < -0.39 is 10.9 Å². The molecule has 0 aliphatic heterocycles. The molecule has 0 amide bonds. The molecule has 0 saturated carbocycles. The van der Waals surface area contributed by atoms with E-state index in [-0.39, 0.29) is 12.1 Å². The Morgan fingerprint density at radius 3 is 2.62 bits per heavy atom. The van der Waals surface area contributed by atoms with Gasteiger partial charge in [-0.25, -0.2) is 0 Å². The molecule has 0 spiro atoms. The minimum Gasteiger partial charge on any atom is -0.481 e. The van der Waals surface area contributed by atoms with E-state index in [9.17, 15) is 14.9 Å². The highest BCUT2D eigenvalue weighted by Gasteiger charge is 2.13. The van der Waals surface area contributed by atoms with Crippen LogP contribution in [0, 0.1) is 10.1 Å². The Bertz CT molecular complexity index is 668. The molecule has 110 valence electrons. The number of hydrogen-bond acceptors (Lipinski definition) is 6. The molecule has 0 fully saturated rings. The zero-order valence-electron chi connectivity index (χ0n) is 11.1. The molecule has 1 N–H and O–H groups in total. The van der Waals surface area contributed by atoms with Crippen LogP contribution in [0.2, 0.25) is 0 Å². The van der Waals surface area contributed by atoms with Crippen molar-refractivity contribution in [1.29, 1.82) is 0 Å². The molecule has 0 atom stereocenters. The van der Waals surface area contributed by atoms with Gasteiger partial charge < -0.3 is 9.67 Å². The van der Waals surface area contributed by atoms with Crippen molar-refractivity contribution in [2.24, 2.45) is 7.05 Å². The van der Waals surface area contributed by atoms with Crippen molar-refractivity contribution in [3.63, 3.8) is 0 Å². The predicted octanol–water partition coefficient (Wildman–Crippen LogP) is 1.96. The number of hydrogen-bond donors (Lipinski definition) is 1. The molecule has 2 aromatic rings. The van der Waals surface area contributed by atoms with Gasteiger partial charge in [0.2, 0.25) is 0 Å². The van der Waals surface area contributed by atoms with Crippen molar-refractivity contribution in [2.45, 2.75) is 11.6 Å². The molecule has 0 aliphatic carbocycles. The Morgan fingerprint density at radius 1 is 1.38 bits per heavy atom. The number of thioether (sulfide) groups is 1. The summed E-state index contributed by atoms with van der Waals surface area (Å²) in [6.07, 6.45) is 0.0460. The van der Waals surface area contributed by atoms with Gasteiger partial charge in [0.1, 0.15) is 0 Å². The first-order chi connectivity index (χ1) is 9.99. The molecule has 0 unspecified atom stereocenters. The summed E-state index contributed by atoms with van der Waals surface area (Å²) in [6.45, 7) is 0. The second-order valence-electron chi connectivity index (χ2n) is 4.16. The van der Waals surface area contributed by atoms with Gasteiger partial charge in [-0.05, 0) is 12.1 Å². The van der Waals surface area contributed by atoms with Crippen LogP contribution in [-0.4, -0.2) is 36.5 Å². The smallest absolute Gasteiger partial charge is 0.304 e. The number of carboxylic acid groups (broad SMARTS) is 1. The monoisotopic (exact) mass is 308 g/mol. The topological polar surface area (TPSA) is 111 Å². The second-order valence-corrected chi connectivity index (χ2v) is 5.22. The summed E-state index contributed by atoms with van der Waals surface area (Å²) in [7, 11) is 1.76. The highest BCUT2D eigenvalue weighted by molar-refractivity contribution is 7.99. The molecule has 0 aliphatic rings. The normalized spacial score (nSPS) is 10.5. The van der Waals surface area contributed by atoms with Crippen LogP contribution >= 0.6 is 11.8 Å². The van der Waals surface area contributed by atoms with Gasteiger partial charge in [0, 0.05) is 30.5 Å². The Balaban J connectivity index is 2.15. The van der Waals surface area contributed by atoms with Gasteiger partial charge in [-0.2, -0.15) is 0 Å². The molecule has 9 heteroatoms. The van der Waals surface area contributed by atoms with Crippen LogP contribution in [0.3, 0.4) is 0 Å². The summed E-state index contributed by atoms with van der Waals surface area (Å²) in [6, 6.07) is 6.02. The zero-order valence-corrected chi connectivity index (χ0v) is 11.9. The maximum atomic E-state index is 10.6. The number of rotatable bonds is 6. The van der Waals surface area contributed by atoms with Crippen LogP contribution in [0.15, 0.2) is 29.4 Å². The quantitative estimate of drug-likeness (QED) is 0.493. The van der Waals surface area contributed by atoms with Gasteiger partial charge >= 0.3 is 5.97 Å². The lowest BCUT2D eigenvalue weighted by Crippen LogP contribution is -1.99. The number of non-ortho nitro benzene ring substituents is 1. The van der Waals surface area contributed by atoms with Gasteiger partial charge in [0.15, 0.2) is 11.0 Å². The molecule has 2 rings (SSSR count). The third-order valence-electron chi connectivity index (χ3n) is 2.72. The van der Waals surface area contributed by atoms with Gasteiger partial charge in [-0.1, -0.05) is 11.8 Å². The van der Waals surface area contributed by atoms with Gasteiger partial charge in [0.05, 0.1) is 11.3 Å². The van der Waals surface area contributed by atoms with Crippen LogP contribution < -0.4 is 0 Å². The van der Waals surface area contributed by atoms with E-state index in [0.717, 1.165) is 0 Å². The van der Waals surface area contributed by atoms with Gasteiger partial charge in [0.25, 0.3) is 5.69 Å². The molecular weight excluding hydrogens is 296 g/mol. The summed E-state index contributed by atoms with van der Waals surface area (Å²) in [5.74, 6) is 0.115. The molecular formula is C12H12N4O4S. The van der Waals surface area contributed by atoms with E-state index >= 15 is 0 Å². The fourth-order valence-corrected chi connectivity index (χ4v) is 2.49. The van der Waals surface area contributed by atoms with Crippen LogP contribution in [0.4, 0.5) is 5.69 Å². The first kappa shape index (κ1) is 15.0. The number of aromatic nitrogens is 3. The number of carbonyl (C=O) groups is 1. The van der Waals surface area contributed by atoms with Crippen molar-refractivity contribution in [3.05, 3.63) is 34.4 Å². The SMILES string of the molecule is Cn1c(SCCC(=O)O)nnc1-c1ccc([N+](=O)[O-])cc1. The average Bonchev–Trinajstić information content (AvgIpc) is 2.80. The summed E-state index contributed by atoms with van der Waals surface area (Å²) < 4.78 is 1.73. The lowest BCUT2D eigenvalue weighted by atomic mass is 10.2. The van der Waals surface area contributed by atoms with Crippen molar-refractivity contribution >= 4 is 23.4 Å². The Hall–Kier alpha value is -2.42. The lowest BCUT2D eigenvalue weighted by molar-refractivity contribution is -0.384. The third kappa shape index (κ3) is 3.57. The Labute approximate surface area is 124 Å². The van der Waals surface area contributed by atoms with Crippen molar-refractivity contribution in [1.82, 2.24) is 14.8 Å². The van der Waals surface area contributed by atoms with E-state index in [1.807, 2.05) is 0 Å². The number of benzene rings is 1. The number of nitrogens with zero attached hydrogens (tertiary/aromatic N) is 4. The second kappa shape index (κ2) is 6.35. The minimum atomic E-state index is -0.861. The fourth-order valence-electron chi connectivity index (χ4n) is 1.65. The van der Waals surface area contributed by atoms with Crippen molar-refractivity contribution in [2.75, 3.05) is 5.75 Å². The minimum absolute atomic E-state index is 0.0111. The van der Waals surface area contributed by atoms with Crippen molar-refractivity contribution in [3.8, 4) is 11.4 Å². The molecule has 1 aromatic heterocycles. The standard InChI is InChI=1S/C12H12N4O4S/c1-15-11(8-2-4-9(5-3-8)16(19)20)13-14-12(15)21-7-6-10(17)18/h2-5H,6-7H2,1H3,(H,17,18). The molecule has 1 aromatic carbocycles. The van der Waals surface area contributed by atoms with E-state index in [0.29, 0.717) is 22.3 Å². The third-order valence-corrected chi connectivity index (χ3v) is 3.74. The van der Waals surface area contributed by atoms with E-state index in [1.54, 1.807) is 23.7 Å². The first-order valence-electron chi connectivity index (χ1n) is 5.98. The molecule has 21 heavy (non-hydrogen) atoms.